The molecule has 11 heteroatoms. The van der Waals surface area contributed by atoms with Crippen LogP contribution in [0.4, 0.5) is 17.6 Å². The van der Waals surface area contributed by atoms with Gasteiger partial charge in [-0.15, -0.1) is 13.2 Å². The van der Waals surface area contributed by atoms with Crippen molar-refractivity contribution in [3.8, 4) is 17.1 Å². The van der Waals surface area contributed by atoms with Gasteiger partial charge in [-0.05, 0) is 48.4 Å². The van der Waals surface area contributed by atoms with Gasteiger partial charge in [0.2, 0.25) is 17.6 Å². The van der Waals surface area contributed by atoms with Gasteiger partial charge in [0.25, 0.3) is 0 Å². The van der Waals surface area contributed by atoms with Crippen molar-refractivity contribution in [2.75, 3.05) is 0 Å². The van der Waals surface area contributed by atoms with Crippen LogP contribution in [0.2, 0.25) is 5.02 Å². The third-order valence-corrected chi connectivity index (χ3v) is 5.11. The van der Waals surface area contributed by atoms with Gasteiger partial charge < -0.3 is 14.2 Å². The molecule has 0 spiro atoms. The number of hydrogen-bond donors (Lipinski definition) is 0. The number of rotatable bonds is 5. The number of carbonyl (C=O) groups is 1. The van der Waals surface area contributed by atoms with E-state index in [-0.39, 0.29) is 41.4 Å². The van der Waals surface area contributed by atoms with Crippen molar-refractivity contribution < 1.29 is 31.6 Å². The molecule has 1 fully saturated rings. The molecule has 1 aliphatic heterocycles. The lowest BCUT2D eigenvalue weighted by atomic mass is 10.1. The number of carbonyl (C=O) groups excluding carboxylic acids is 1. The smallest absolute Gasteiger partial charge is 0.406 e. The zero-order chi connectivity index (χ0) is 22.2. The molecule has 31 heavy (non-hydrogen) atoms. The Bertz CT molecular complexity index is 1100. The molecule has 0 radical (unpaired) electrons. The van der Waals surface area contributed by atoms with E-state index in [4.69, 9.17) is 16.1 Å². The van der Waals surface area contributed by atoms with Gasteiger partial charge in [-0.25, -0.2) is 4.39 Å². The molecule has 1 saturated heterocycles. The largest absolute Gasteiger partial charge is 0.573 e. The zero-order valence-corrected chi connectivity index (χ0v) is 16.5. The highest BCUT2D eigenvalue weighted by Gasteiger charge is 2.36. The summed E-state index contributed by atoms with van der Waals surface area (Å²) in [5, 5.41) is 4.07. The summed E-state index contributed by atoms with van der Waals surface area (Å²) < 4.78 is 59.3. The normalized spacial score (nSPS) is 16.7. The molecule has 6 nitrogen and oxygen atoms in total. The zero-order valence-electron chi connectivity index (χ0n) is 15.7. The molecular weight excluding hydrogens is 442 g/mol. The molecule has 0 N–H and O–H groups in total. The SMILES string of the molecule is O=C1CCC(c2nc(-c3ccc(OC(F)(F)F)cc3)no2)N1Cc1ccc(F)cc1Cl. The molecule has 2 aromatic carbocycles. The molecule has 1 amide bonds. The number of nitrogens with zero attached hydrogens (tertiary/aromatic N) is 3. The fourth-order valence-corrected chi connectivity index (χ4v) is 3.54. The maximum atomic E-state index is 13.3. The third-order valence-electron chi connectivity index (χ3n) is 4.76. The average molecular weight is 456 g/mol. The number of aromatic nitrogens is 2. The highest BCUT2D eigenvalue weighted by atomic mass is 35.5. The molecule has 3 aromatic rings. The summed E-state index contributed by atoms with van der Waals surface area (Å²) in [5.41, 5.74) is 0.991. The van der Waals surface area contributed by atoms with Gasteiger partial charge in [-0.2, -0.15) is 4.98 Å². The number of likely N-dealkylation sites (tertiary alicyclic amines) is 1. The topological polar surface area (TPSA) is 68.5 Å². The minimum atomic E-state index is -4.79. The molecule has 1 aromatic heterocycles. The third kappa shape index (κ3) is 4.79. The van der Waals surface area contributed by atoms with Crippen LogP contribution in [0.3, 0.4) is 0 Å². The minimum absolute atomic E-state index is 0.140. The van der Waals surface area contributed by atoms with Crippen LogP contribution in [0.15, 0.2) is 47.0 Å². The second kappa shape index (κ2) is 8.18. The van der Waals surface area contributed by atoms with E-state index in [1.165, 1.54) is 35.2 Å². The summed E-state index contributed by atoms with van der Waals surface area (Å²) in [5.74, 6) is -0.642. The fraction of sp³-hybridized carbons (Fsp3) is 0.250. The predicted molar refractivity (Wildman–Crippen MR) is 100 cm³/mol. The van der Waals surface area contributed by atoms with Crippen LogP contribution in [-0.4, -0.2) is 27.3 Å². The van der Waals surface area contributed by atoms with Crippen LogP contribution in [0, 0.1) is 5.82 Å². The summed E-state index contributed by atoms with van der Waals surface area (Å²) in [4.78, 5) is 18.2. The summed E-state index contributed by atoms with van der Waals surface area (Å²) in [7, 11) is 0. The fourth-order valence-electron chi connectivity index (χ4n) is 3.32. The molecule has 1 unspecified atom stereocenters. The van der Waals surface area contributed by atoms with Crippen LogP contribution >= 0.6 is 11.6 Å². The molecule has 1 atom stereocenters. The van der Waals surface area contributed by atoms with E-state index in [1.54, 1.807) is 0 Å². The number of halogens is 5. The quantitative estimate of drug-likeness (QED) is 0.489. The van der Waals surface area contributed by atoms with Crippen LogP contribution in [0.1, 0.15) is 30.3 Å². The lowest BCUT2D eigenvalue weighted by molar-refractivity contribution is -0.274. The Labute approximate surface area is 178 Å². The molecule has 2 heterocycles. The number of ether oxygens (including phenoxy) is 1. The Balaban J connectivity index is 1.52. The van der Waals surface area contributed by atoms with Gasteiger partial charge in [0.05, 0.1) is 0 Å². The predicted octanol–water partition coefficient (Wildman–Crippen LogP) is 5.29. The Kier molecular flexibility index (Phi) is 5.57. The molecule has 0 saturated carbocycles. The molecule has 0 aliphatic carbocycles. The van der Waals surface area contributed by atoms with E-state index >= 15 is 0 Å². The summed E-state index contributed by atoms with van der Waals surface area (Å²) in [6.45, 7) is 0.143. The van der Waals surface area contributed by atoms with E-state index < -0.39 is 18.2 Å². The number of hydrogen-bond acceptors (Lipinski definition) is 5. The van der Waals surface area contributed by atoms with E-state index in [9.17, 15) is 22.4 Å². The van der Waals surface area contributed by atoms with Gasteiger partial charge in [0.1, 0.15) is 17.6 Å². The Morgan fingerprint density at radius 1 is 1.19 bits per heavy atom. The van der Waals surface area contributed by atoms with Crippen molar-refractivity contribution in [2.45, 2.75) is 31.8 Å². The molecular formula is C20H14ClF4N3O3. The van der Waals surface area contributed by atoms with Crippen molar-refractivity contribution in [2.24, 2.45) is 0 Å². The van der Waals surface area contributed by atoms with E-state index in [2.05, 4.69) is 14.9 Å². The Morgan fingerprint density at radius 3 is 2.61 bits per heavy atom. The first kappa shape index (κ1) is 21.1. The van der Waals surface area contributed by atoms with Gasteiger partial charge >= 0.3 is 6.36 Å². The number of benzene rings is 2. The molecule has 162 valence electrons. The van der Waals surface area contributed by atoms with Crippen LogP contribution in [0.25, 0.3) is 11.4 Å². The lowest BCUT2D eigenvalue weighted by Gasteiger charge is -2.22. The first-order chi connectivity index (χ1) is 14.7. The molecule has 1 aliphatic rings. The Morgan fingerprint density at radius 2 is 1.94 bits per heavy atom. The highest BCUT2D eigenvalue weighted by Crippen LogP contribution is 2.35. The minimum Gasteiger partial charge on any atom is -0.406 e. The van der Waals surface area contributed by atoms with Crippen molar-refractivity contribution in [3.05, 3.63) is 64.8 Å². The van der Waals surface area contributed by atoms with Crippen molar-refractivity contribution in [3.63, 3.8) is 0 Å². The summed E-state index contributed by atoms with van der Waals surface area (Å²) >= 11 is 6.08. The van der Waals surface area contributed by atoms with E-state index in [0.29, 0.717) is 17.5 Å². The number of amides is 1. The van der Waals surface area contributed by atoms with Crippen molar-refractivity contribution in [1.29, 1.82) is 0 Å². The second-order valence-corrected chi connectivity index (χ2v) is 7.25. The van der Waals surface area contributed by atoms with Crippen LogP contribution in [0.5, 0.6) is 5.75 Å². The maximum Gasteiger partial charge on any atom is 0.573 e. The molecule has 0 bridgehead atoms. The standard InChI is InChI=1S/C20H14ClF4N3O3/c21-15-9-13(22)4-1-12(15)10-28-16(7-8-17(28)29)19-26-18(27-31-19)11-2-5-14(6-3-11)30-20(23,24)25/h1-6,9,16H,7-8,10H2. The van der Waals surface area contributed by atoms with Crippen molar-refractivity contribution in [1.82, 2.24) is 15.0 Å². The molecule has 4 rings (SSSR count). The van der Waals surface area contributed by atoms with E-state index in [1.807, 2.05) is 0 Å². The second-order valence-electron chi connectivity index (χ2n) is 6.84. The highest BCUT2D eigenvalue weighted by molar-refractivity contribution is 6.31. The van der Waals surface area contributed by atoms with Crippen molar-refractivity contribution >= 4 is 17.5 Å². The lowest BCUT2D eigenvalue weighted by Crippen LogP contribution is -2.27. The van der Waals surface area contributed by atoms with E-state index in [0.717, 1.165) is 12.1 Å². The monoisotopic (exact) mass is 455 g/mol. The van der Waals surface area contributed by atoms with Gasteiger partial charge in [-0.1, -0.05) is 22.8 Å². The Hall–Kier alpha value is -3.14. The number of alkyl halides is 3. The summed E-state index contributed by atoms with van der Waals surface area (Å²) in [6.07, 6.45) is -4.07. The van der Waals surface area contributed by atoms with Gasteiger partial charge in [-0.3, -0.25) is 4.79 Å². The maximum absolute atomic E-state index is 13.3. The van der Waals surface area contributed by atoms with Gasteiger partial charge in [0.15, 0.2) is 0 Å². The first-order valence-electron chi connectivity index (χ1n) is 9.13. The van der Waals surface area contributed by atoms with Crippen LogP contribution in [-0.2, 0) is 11.3 Å². The summed E-state index contributed by atoms with van der Waals surface area (Å²) in [6, 6.07) is 8.45. The van der Waals surface area contributed by atoms with Gasteiger partial charge in [0, 0.05) is 23.6 Å². The van der Waals surface area contributed by atoms with Crippen LogP contribution < -0.4 is 4.74 Å². The first-order valence-corrected chi connectivity index (χ1v) is 9.50. The average Bonchev–Trinajstić information content (AvgIpc) is 3.31.